The minimum Gasteiger partial charge on any atom is -0.465 e. The third-order valence-corrected chi connectivity index (χ3v) is 4.02. The smallest absolute Gasteiger partial charge is 0.321 e. The third kappa shape index (κ3) is 2.33. The Morgan fingerprint density at radius 1 is 1.33 bits per heavy atom. The maximum Gasteiger partial charge on any atom is 0.321 e. The molecular weight excluding hydrogens is 268 g/mol. The molecule has 21 heavy (non-hydrogen) atoms. The maximum atomic E-state index is 12.2. The standard InChI is InChI=1S/C16H18N2O3/c1-3-20-15(19)16(9-4-10-16)14-17-13(18-21-14)12-7-5-11(2)6-8-12/h5-8H,3-4,9-10H2,1-2H3. The van der Waals surface area contributed by atoms with Crippen molar-refractivity contribution in [1.29, 1.82) is 0 Å². The van der Waals surface area contributed by atoms with Crippen molar-refractivity contribution in [3.63, 3.8) is 0 Å². The van der Waals surface area contributed by atoms with Crippen LogP contribution < -0.4 is 0 Å². The van der Waals surface area contributed by atoms with Gasteiger partial charge in [-0.05, 0) is 26.7 Å². The van der Waals surface area contributed by atoms with E-state index in [1.54, 1.807) is 6.92 Å². The predicted octanol–water partition coefficient (Wildman–Crippen LogP) is 3.03. The normalized spacial score (nSPS) is 16.3. The molecule has 0 radical (unpaired) electrons. The number of carbonyl (C=O) groups is 1. The molecule has 110 valence electrons. The summed E-state index contributed by atoms with van der Waals surface area (Å²) in [6, 6.07) is 7.88. The van der Waals surface area contributed by atoms with Crippen LogP contribution in [0.3, 0.4) is 0 Å². The van der Waals surface area contributed by atoms with Gasteiger partial charge in [-0.3, -0.25) is 4.79 Å². The van der Waals surface area contributed by atoms with Crippen LogP contribution in [0.5, 0.6) is 0 Å². The van der Waals surface area contributed by atoms with Crippen LogP contribution in [0.15, 0.2) is 28.8 Å². The van der Waals surface area contributed by atoms with E-state index in [-0.39, 0.29) is 5.97 Å². The van der Waals surface area contributed by atoms with Gasteiger partial charge in [-0.2, -0.15) is 4.98 Å². The van der Waals surface area contributed by atoms with Crippen molar-refractivity contribution >= 4 is 5.97 Å². The van der Waals surface area contributed by atoms with Crippen molar-refractivity contribution in [3.8, 4) is 11.4 Å². The lowest BCUT2D eigenvalue weighted by Gasteiger charge is -2.35. The molecule has 1 aliphatic carbocycles. The minimum absolute atomic E-state index is 0.254. The van der Waals surface area contributed by atoms with E-state index in [9.17, 15) is 4.79 Å². The number of aromatic nitrogens is 2. The fourth-order valence-corrected chi connectivity index (χ4v) is 2.54. The molecule has 0 saturated heterocycles. The van der Waals surface area contributed by atoms with E-state index in [0.717, 1.165) is 12.0 Å². The van der Waals surface area contributed by atoms with Crippen LogP contribution in [0.2, 0.25) is 0 Å². The molecule has 5 nitrogen and oxygen atoms in total. The molecule has 5 heteroatoms. The highest BCUT2D eigenvalue weighted by Gasteiger charge is 2.51. The average molecular weight is 286 g/mol. The second-order valence-corrected chi connectivity index (χ2v) is 5.45. The largest absolute Gasteiger partial charge is 0.465 e. The molecule has 0 atom stereocenters. The molecular formula is C16H18N2O3. The molecule has 0 amide bonds. The lowest BCUT2D eigenvalue weighted by atomic mass is 9.68. The molecule has 0 aliphatic heterocycles. The number of hydrogen-bond acceptors (Lipinski definition) is 5. The van der Waals surface area contributed by atoms with Gasteiger partial charge in [0.25, 0.3) is 0 Å². The quantitative estimate of drug-likeness (QED) is 0.808. The van der Waals surface area contributed by atoms with Gasteiger partial charge in [0, 0.05) is 5.56 Å². The molecule has 1 heterocycles. The summed E-state index contributed by atoms with van der Waals surface area (Å²) in [4.78, 5) is 16.6. The Morgan fingerprint density at radius 2 is 2.05 bits per heavy atom. The maximum absolute atomic E-state index is 12.2. The minimum atomic E-state index is -0.730. The molecule has 1 aromatic carbocycles. The van der Waals surface area contributed by atoms with Crippen LogP contribution in [0.1, 0.15) is 37.6 Å². The van der Waals surface area contributed by atoms with Gasteiger partial charge < -0.3 is 9.26 Å². The van der Waals surface area contributed by atoms with Gasteiger partial charge in [-0.25, -0.2) is 0 Å². The molecule has 0 N–H and O–H groups in total. The first kappa shape index (κ1) is 13.8. The van der Waals surface area contributed by atoms with E-state index < -0.39 is 5.41 Å². The van der Waals surface area contributed by atoms with E-state index in [1.807, 2.05) is 31.2 Å². The predicted molar refractivity (Wildman–Crippen MR) is 76.6 cm³/mol. The Bertz CT molecular complexity index is 642. The fourth-order valence-electron chi connectivity index (χ4n) is 2.54. The van der Waals surface area contributed by atoms with Gasteiger partial charge in [0.2, 0.25) is 11.7 Å². The van der Waals surface area contributed by atoms with Crippen molar-refractivity contribution < 1.29 is 14.1 Å². The van der Waals surface area contributed by atoms with Crippen LogP contribution in [0, 0.1) is 6.92 Å². The first-order chi connectivity index (χ1) is 10.2. The van der Waals surface area contributed by atoms with Gasteiger partial charge in [-0.1, -0.05) is 41.4 Å². The fraction of sp³-hybridized carbons (Fsp3) is 0.438. The Labute approximate surface area is 123 Å². The Hall–Kier alpha value is -2.17. The van der Waals surface area contributed by atoms with Crippen LogP contribution in [-0.2, 0) is 14.9 Å². The molecule has 1 aromatic heterocycles. The summed E-state index contributed by atoms with van der Waals surface area (Å²) in [5, 5.41) is 4.01. The number of esters is 1. The SMILES string of the molecule is CCOC(=O)C1(c2nc(-c3ccc(C)cc3)no2)CCC1. The summed E-state index contributed by atoms with van der Waals surface area (Å²) >= 11 is 0. The summed E-state index contributed by atoms with van der Waals surface area (Å²) in [6.45, 7) is 4.19. The van der Waals surface area contributed by atoms with E-state index in [0.29, 0.717) is 31.2 Å². The van der Waals surface area contributed by atoms with Crippen LogP contribution >= 0.6 is 0 Å². The highest BCUT2D eigenvalue weighted by molar-refractivity contribution is 5.83. The highest BCUT2D eigenvalue weighted by atomic mass is 16.5. The van der Waals surface area contributed by atoms with Gasteiger partial charge in [0.15, 0.2) is 0 Å². The zero-order valence-corrected chi connectivity index (χ0v) is 12.3. The van der Waals surface area contributed by atoms with Crippen LogP contribution in [0.4, 0.5) is 0 Å². The van der Waals surface area contributed by atoms with E-state index in [1.165, 1.54) is 5.56 Å². The summed E-state index contributed by atoms with van der Waals surface area (Å²) in [7, 11) is 0. The number of nitrogens with zero attached hydrogens (tertiary/aromatic N) is 2. The van der Waals surface area contributed by atoms with E-state index >= 15 is 0 Å². The van der Waals surface area contributed by atoms with Crippen LogP contribution in [-0.4, -0.2) is 22.7 Å². The van der Waals surface area contributed by atoms with Gasteiger partial charge in [0.05, 0.1) is 6.61 Å². The third-order valence-electron chi connectivity index (χ3n) is 4.02. The van der Waals surface area contributed by atoms with Crippen molar-refractivity contribution in [2.45, 2.75) is 38.5 Å². The lowest BCUT2D eigenvalue weighted by Crippen LogP contribution is -2.44. The second-order valence-electron chi connectivity index (χ2n) is 5.45. The molecule has 2 aromatic rings. The van der Waals surface area contributed by atoms with Gasteiger partial charge >= 0.3 is 5.97 Å². The first-order valence-electron chi connectivity index (χ1n) is 7.24. The zero-order chi connectivity index (χ0) is 14.9. The Kier molecular flexibility index (Phi) is 3.49. The number of rotatable bonds is 4. The van der Waals surface area contributed by atoms with Crippen molar-refractivity contribution in [2.24, 2.45) is 0 Å². The monoisotopic (exact) mass is 286 g/mol. The number of hydrogen-bond donors (Lipinski definition) is 0. The Morgan fingerprint density at radius 3 is 2.62 bits per heavy atom. The molecule has 1 aliphatic rings. The topological polar surface area (TPSA) is 65.2 Å². The molecule has 0 unspecified atom stereocenters. The molecule has 1 saturated carbocycles. The van der Waals surface area contributed by atoms with Gasteiger partial charge in [-0.15, -0.1) is 0 Å². The van der Waals surface area contributed by atoms with E-state index in [2.05, 4.69) is 10.1 Å². The summed E-state index contributed by atoms with van der Waals surface area (Å²) in [6.07, 6.45) is 2.39. The van der Waals surface area contributed by atoms with E-state index in [4.69, 9.17) is 9.26 Å². The highest BCUT2D eigenvalue weighted by Crippen LogP contribution is 2.44. The second kappa shape index (κ2) is 5.31. The number of aryl methyl sites for hydroxylation is 1. The molecule has 0 bridgehead atoms. The van der Waals surface area contributed by atoms with Crippen molar-refractivity contribution in [3.05, 3.63) is 35.7 Å². The molecule has 0 spiro atoms. The summed E-state index contributed by atoms with van der Waals surface area (Å²) in [5.74, 6) is 0.638. The first-order valence-corrected chi connectivity index (χ1v) is 7.24. The number of carbonyl (C=O) groups excluding carboxylic acids is 1. The summed E-state index contributed by atoms with van der Waals surface area (Å²) in [5.41, 5.74) is 1.32. The van der Waals surface area contributed by atoms with Crippen molar-refractivity contribution in [2.75, 3.05) is 6.61 Å². The average Bonchev–Trinajstić information content (AvgIpc) is 2.88. The Balaban J connectivity index is 1.90. The molecule has 3 rings (SSSR count). The number of ether oxygens (including phenoxy) is 1. The zero-order valence-electron chi connectivity index (χ0n) is 12.3. The van der Waals surface area contributed by atoms with Crippen molar-refractivity contribution in [1.82, 2.24) is 10.1 Å². The number of benzene rings is 1. The van der Waals surface area contributed by atoms with Gasteiger partial charge in [0.1, 0.15) is 5.41 Å². The lowest BCUT2D eigenvalue weighted by molar-refractivity contribution is -0.155. The van der Waals surface area contributed by atoms with Crippen LogP contribution in [0.25, 0.3) is 11.4 Å². The molecule has 1 fully saturated rings. The summed E-state index contributed by atoms with van der Waals surface area (Å²) < 4.78 is 10.5.